The Labute approximate surface area is 249 Å². The molecular weight excluding hydrogens is 524 g/mol. The molecule has 7 nitrogen and oxygen atoms in total. The van der Waals surface area contributed by atoms with Crippen molar-refractivity contribution >= 4 is 5.91 Å². The van der Waals surface area contributed by atoms with Crippen molar-refractivity contribution in [3.05, 3.63) is 117 Å². The fraction of sp³-hybridized carbons (Fsp3) is 0.343. The summed E-state index contributed by atoms with van der Waals surface area (Å²) in [5, 5.41) is 0. The highest BCUT2D eigenvalue weighted by molar-refractivity contribution is 5.94. The van der Waals surface area contributed by atoms with Crippen LogP contribution in [0.4, 0.5) is 0 Å². The summed E-state index contributed by atoms with van der Waals surface area (Å²) in [6.45, 7) is 11.9. The van der Waals surface area contributed by atoms with E-state index in [1.807, 2.05) is 92.4 Å². The zero-order chi connectivity index (χ0) is 30.2. The first-order chi connectivity index (χ1) is 20.2. The molecule has 0 spiro atoms. The predicted octanol–water partition coefficient (Wildman–Crippen LogP) is 6.16. The van der Waals surface area contributed by atoms with Crippen LogP contribution < -0.4 is 16.0 Å². The van der Waals surface area contributed by atoms with Crippen LogP contribution in [-0.4, -0.2) is 40.1 Å². The Bertz CT molecular complexity index is 1550. The Kier molecular flexibility index (Phi) is 10.3. The molecule has 4 aromatic rings. The first kappa shape index (κ1) is 30.7. The molecule has 1 unspecified atom stereocenters. The van der Waals surface area contributed by atoms with Crippen LogP contribution in [0.3, 0.4) is 0 Å². The summed E-state index contributed by atoms with van der Waals surface area (Å²) in [5.74, 6) is 1.13. The van der Waals surface area contributed by atoms with Gasteiger partial charge < -0.3 is 19.9 Å². The van der Waals surface area contributed by atoms with E-state index in [4.69, 9.17) is 15.5 Å². The fourth-order valence-corrected chi connectivity index (χ4v) is 5.40. The van der Waals surface area contributed by atoms with Gasteiger partial charge >= 0.3 is 0 Å². The average Bonchev–Trinajstić information content (AvgIpc) is 2.97. The molecule has 0 fully saturated rings. The van der Waals surface area contributed by atoms with E-state index < -0.39 is 6.04 Å². The highest BCUT2D eigenvalue weighted by atomic mass is 16.5. The maximum Gasteiger partial charge on any atom is 0.281 e. The van der Waals surface area contributed by atoms with E-state index in [1.54, 1.807) is 0 Å². The van der Waals surface area contributed by atoms with Gasteiger partial charge in [0, 0.05) is 24.3 Å². The molecule has 1 amide bonds. The molecule has 3 aromatic carbocycles. The second-order valence-electron chi connectivity index (χ2n) is 11.0. The lowest BCUT2D eigenvalue weighted by Crippen LogP contribution is -2.42. The third-order valence-electron chi connectivity index (χ3n) is 7.48. The van der Waals surface area contributed by atoms with Gasteiger partial charge in [-0.05, 0) is 75.0 Å². The maximum absolute atomic E-state index is 14.1. The topological polar surface area (TPSA) is 90.4 Å². The number of nitrogens with two attached hydrogens (primary N) is 1. The summed E-state index contributed by atoms with van der Waals surface area (Å²) in [4.78, 5) is 34.6. The predicted molar refractivity (Wildman–Crippen MR) is 169 cm³/mol. The largest absolute Gasteiger partial charge is 0.494 e. The van der Waals surface area contributed by atoms with E-state index in [-0.39, 0.29) is 17.4 Å². The van der Waals surface area contributed by atoms with Gasteiger partial charge in [0.05, 0.1) is 18.2 Å². The molecule has 220 valence electrons. The van der Waals surface area contributed by atoms with Crippen LogP contribution in [0.2, 0.25) is 0 Å². The summed E-state index contributed by atoms with van der Waals surface area (Å²) < 4.78 is 7.83. The van der Waals surface area contributed by atoms with Crippen LogP contribution in [0.15, 0.2) is 83.7 Å². The standard InChI is InChI=1S/C35H42N4O3/c1-6-42-30-15-10-14-29(22-30)31-26(5)39(23-27-12-8-7-9-13-27)33(37-34(31)40)32(24(2)3)38(21-11-20-36)35(41)28-18-16-25(4)17-19-28/h7-10,12-19,22,24,32H,6,11,20-21,23,36H2,1-5H3. The second-order valence-corrected chi connectivity index (χ2v) is 11.0. The number of aryl methyl sites for hydroxylation is 1. The molecule has 0 aliphatic rings. The van der Waals surface area contributed by atoms with Gasteiger partial charge in [0.15, 0.2) is 0 Å². The summed E-state index contributed by atoms with van der Waals surface area (Å²) >= 11 is 0. The van der Waals surface area contributed by atoms with E-state index in [1.165, 1.54) is 0 Å². The maximum atomic E-state index is 14.1. The van der Waals surface area contributed by atoms with E-state index >= 15 is 0 Å². The average molecular weight is 567 g/mol. The molecule has 1 aromatic heterocycles. The minimum atomic E-state index is -0.454. The molecule has 0 bridgehead atoms. The van der Waals surface area contributed by atoms with Crippen molar-refractivity contribution in [3.63, 3.8) is 0 Å². The van der Waals surface area contributed by atoms with E-state index in [2.05, 4.69) is 30.5 Å². The quantitative estimate of drug-likeness (QED) is 0.222. The number of rotatable bonds is 12. The Balaban J connectivity index is 1.93. The normalized spacial score (nSPS) is 11.9. The van der Waals surface area contributed by atoms with Gasteiger partial charge in [-0.15, -0.1) is 0 Å². The van der Waals surface area contributed by atoms with Crippen LogP contribution in [-0.2, 0) is 6.54 Å². The highest BCUT2D eigenvalue weighted by Crippen LogP contribution is 2.32. The molecule has 7 heteroatoms. The van der Waals surface area contributed by atoms with Gasteiger partial charge in [0.1, 0.15) is 11.6 Å². The molecule has 1 atom stereocenters. The highest BCUT2D eigenvalue weighted by Gasteiger charge is 2.33. The number of carbonyl (C=O) groups is 1. The Morgan fingerprint density at radius 1 is 1.00 bits per heavy atom. The summed E-state index contributed by atoms with van der Waals surface area (Å²) in [6, 6.07) is 24.8. The zero-order valence-corrected chi connectivity index (χ0v) is 25.3. The minimum absolute atomic E-state index is 0.0300. The molecule has 1 heterocycles. The second kappa shape index (κ2) is 14.1. The molecule has 0 aliphatic carbocycles. The number of nitrogens with zero attached hydrogens (tertiary/aromatic N) is 3. The number of aromatic nitrogens is 2. The number of hydrogen-bond acceptors (Lipinski definition) is 5. The Morgan fingerprint density at radius 2 is 1.71 bits per heavy atom. The molecule has 0 saturated heterocycles. The third kappa shape index (κ3) is 6.97. The number of hydrogen-bond donors (Lipinski definition) is 1. The lowest BCUT2D eigenvalue weighted by Gasteiger charge is -2.36. The van der Waals surface area contributed by atoms with E-state index in [0.29, 0.717) is 55.4 Å². The van der Waals surface area contributed by atoms with E-state index in [9.17, 15) is 9.59 Å². The lowest BCUT2D eigenvalue weighted by molar-refractivity contribution is 0.0602. The van der Waals surface area contributed by atoms with Gasteiger partial charge in [-0.3, -0.25) is 9.59 Å². The van der Waals surface area contributed by atoms with Crippen molar-refractivity contribution in [2.45, 2.75) is 53.6 Å². The van der Waals surface area contributed by atoms with Crippen molar-refractivity contribution in [2.24, 2.45) is 11.7 Å². The van der Waals surface area contributed by atoms with Gasteiger partial charge in [0.25, 0.3) is 11.5 Å². The first-order valence-electron chi connectivity index (χ1n) is 14.7. The summed E-state index contributed by atoms with van der Waals surface area (Å²) in [5.41, 5.74) is 10.4. The monoisotopic (exact) mass is 566 g/mol. The first-order valence-corrected chi connectivity index (χ1v) is 14.7. The minimum Gasteiger partial charge on any atom is -0.494 e. The number of benzene rings is 3. The molecule has 2 N–H and O–H groups in total. The van der Waals surface area contributed by atoms with Crippen molar-refractivity contribution in [1.29, 1.82) is 0 Å². The lowest BCUT2D eigenvalue weighted by atomic mass is 9.97. The summed E-state index contributed by atoms with van der Waals surface area (Å²) in [7, 11) is 0. The molecule has 0 radical (unpaired) electrons. The van der Waals surface area contributed by atoms with Gasteiger partial charge in [-0.2, -0.15) is 4.98 Å². The molecule has 42 heavy (non-hydrogen) atoms. The van der Waals surface area contributed by atoms with Crippen molar-refractivity contribution in [1.82, 2.24) is 14.5 Å². The number of amides is 1. The van der Waals surface area contributed by atoms with Gasteiger partial charge in [-0.1, -0.05) is 74.0 Å². The molecule has 0 aliphatic heterocycles. The fourth-order valence-electron chi connectivity index (χ4n) is 5.40. The zero-order valence-electron chi connectivity index (χ0n) is 25.3. The third-order valence-corrected chi connectivity index (χ3v) is 7.48. The number of carbonyl (C=O) groups excluding carboxylic acids is 1. The molecular formula is C35H42N4O3. The van der Waals surface area contributed by atoms with Crippen LogP contribution >= 0.6 is 0 Å². The van der Waals surface area contributed by atoms with Crippen LogP contribution in [0.1, 0.15) is 66.2 Å². The van der Waals surface area contributed by atoms with Crippen molar-refractivity contribution in [2.75, 3.05) is 19.7 Å². The molecule has 0 saturated carbocycles. The van der Waals surface area contributed by atoms with Crippen molar-refractivity contribution < 1.29 is 9.53 Å². The number of ether oxygens (including phenoxy) is 1. The Morgan fingerprint density at radius 3 is 2.36 bits per heavy atom. The van der Waals surface area contributed by atoms with Gasteiger partial charge in [0.2, 0.25) is 0 Å². The summed E-state index contributed by atoms with van der Waals surface area (Å²) in [6.07, 6.45) is 0.630. The molecule has 4 rings (SSSR count). The van der Waals surface area contributed by atoms with Crippen molar-refractivity contribution in [3.8, 4) is 16.9 Å². The van der Waals surface area contributed by atoms with E-state index in [0.717, 1.165) is 22.4 Å². The van der Waals surface area contributed by atoms with Crippen LogP contribution in [0.5, 0.6) is 5.75 Å². The smallest absolute Gasteiger partial charge is 0.281 e. The van der Waals surface area contributed by atoms with Gasteiger partial charge in [-0.25, -0.2) is 0 Å². The Hall–Kier alpha value is -4.23. The van der Waals surface area contributed by atoms with Crippen LogP contribution in [0, 0.1) is 19.8 Å². The SMILES string of the molecule is CCOc1cccc(-c2c(C)n(Cc3ccccc3)c(C(C(C)C)N(CCCN)C(=O)c3ccc(C)cc3)nc2=O)c1. The van der Waals surface area contributed by atoms with Crippen LogP contribution in [0.25, 0.3) is 11.1 Å².